The third-order valence-electron chi connectivity index (χ3n) is 6.65. The molecule has 31 heavy (non-hydrogen) atoms. The quantitative estimate of drug-likeness (QED) is 0.562. The molecule has 0 bridgehead atoms. The lowest BCUT2D eigenvalue weighted by Crippen LogP contribution is -2.31. The number of aromatic nitrogens is 2. The number of hydrogen-bond acceptors (Lipinski definition) is 5. The topological polar surface area (TPSA) is 53.1 Å². The van der Waals surface area contributed by atoms with Gasteiger partial charge in [0.05, 0.1) is 5.52 Å². The third kappa shape index (κ3) is 5.16. The summed E-state index contributed by atoms with van der Waals surface area (Å²) in [7, 11) is 4.07. The SMILES string of the molecule is Cc1cccc(CNC[C@H]2CC[C@@H](Nc3nc(N(C)C)c4ccccc4n3)CC2)c1C. The van der Waals surface area contributed by atoms with Gasteiger partial charge < -0.3 is 15.5 Å². The summed E-state index contributed by atoms with van der Waals surface area (Å²) in [6, 6.07) is 15.3. The van der Waals surface area contributed by atoms with Crippen molar-refractivity contribution in [2.45, 2.75) is 52.1 Å². The summed E-state index contributed by atoms with van der Waals surface area (Å²) in [5.74, 6) is 2.47. The first-order valence-corrected chi connectivity index (χ1v) is 11.5. The number of aryl methyl sites for hydroxylation is 1. The first kappa shape index (κ1) is 21.6. The van der Waals surface area contributed by atoms with Gasteiger partial charge >= 0.3 is 0 Å². The largest absolute Gasteiger partial charge is 0.362 e. The van der Waals surface area contributed by atoms with Crippen LogP contribution in [0.15, 0.2) is 42.5 Å². The van der Waals surface area contributed by atoms with E-state index in [9.17, 15) is 0 Å². The molecule has 0 radical (unpaired) electrons. The van der Waals surface area contributed by atoms with E-state index in [0.717, 1.165) is 41.7 Å². The lowest BCUT2D eigenvalue weighted by atomic mass is 9.86. The lowest BCUT2D eigenvalue weighted by molar-refractivity contribution is 0.323. The molecule has 0 aliphatic heterocycles. The van der Waals surface area contributed by atoms with Gasteiger partial charge in [0.25, 0.3) is 0 Å². The zero-order valence-corrected chi connectivity index (χ0v) is 19.3. The van der Waals surface area contributed by atoms with Gasteiger partial charge in [0.1, 0.15) is 5.82 Å². The van der Waals surface area contributed by atoms with E-state index in [0.29, 0.717) is 6.04 Å². The molecule has 0 amide bonds. The van der Waals surface area contributed by atoms with E-state index >= 15 is 0 Å². The van der Waals surface area contributed by atoms with Crippen molar-refractivity contribution in [3.8, 4) is 0 Å². The average molecular weight is 418 g/mol. The van der Waals surface area contributed by atoms with E-state index in [1.807, 2.05) is 26.2 Å². The number of nitrogens with one attached hydrogen (secondary N) is 2. The molecule has 4 rings (SSSR count). The fraction of sp³-hybridized carbons (Fsp3) is 0.462. The zero-order valence-electron chi connectivity index (χ0n) is 19.3. The Kier molecular flexibility index (Phi) is 6.71. The first-order valence-electron chi connectivity index (χ1n) is 11.5. The smallest absolute Gasteiger partial charge is 0.225 e. The molecule has 1 fully saturated rings. The van der Waals surface area contributed by atoms with E-state index in [-0.39, 0.29) is 0 Å². The summed E-state index contributed by atoms with van der Waals surface area (Å²) in [5, 5.41) is 8.40. The van der Waals surface area contributed by atoms with E-state index in [1.54, 1.807) is 0 Å². The van der Waals surface area contributed by atoms with Crippen LogP contribution in [-0.4, -0.2) is 36.6 Å². The van der Waals surface area contributed by atoms with Gasteiger partial charge in [0, 0.05) is 32.1 Å². The Morgan fingerprint density at radius 3 is 2.48 bits per heavy atom. The van der Waals surface area contributed by atoms with Crippen molar-refractivity contribution < 1.29 is 0 Å². The van der Waals surface area contributed by atoms with Gasteiger partial charge in [-0.1, -0.05) is 30.3 Å². The fourth-order valence-corrected chi connectivity index (χ4v) is 4.57. The summed E-state index contributed by atoms with van der Waals surface area (Å²) in [4.78, 5) is 11.6. The second-order valence-corrected chi connectivity index (χ2v) is 9.13. The Morgan fingerprint density at radius 2 is 1.71 bits per heavy atom. The van der Waals surface area contributed by atoms with Crippen LogP contribution < -0.4 is 15.5 Å². The van der Waals surface area contributed by atoms with Gasteiger partial charge in [-0.05, 0) is 80.8 Å². The highest BCUT2D eigenvalue weighted by Crippen LogP contribution is 2.28. The van der Waals surface area contributed by atoms with Crippen LogP contribution in [0.4, 0.5) is 11.8 Å². The van der Waals surface area contributed by atoms with Crippen molar-refractivity contribution in [2.24, 2.45) is 5.92 Å². The van der Waals surface area contributed by atoms with Crippen LogP contribution in [0.5, 0.6) is 0 Å². The zero-order chi connectivity index (χ0) is 21.8. The molecule has 1 heterocycles. The van der Waals surface area contributed by atoms with Crippen LogP contribution in [-0.2, 0) is 6.54 Å². The maximum Gasteiger partial charge on any atom is 0.225 e. The average Bonchev–Trinajstić information content (AvgIpc) is 2.77. The molecular weight excluding hydrogens is 382 g/mol. The van der Waals surface area contributed by atoms with Crippen LogP contribution in [0, 0.1) is 19.8 Å². The first-order chi connectivity index (χ1) is 15.0. The molecule has 3 aromatic rings. The van der Waals surface area contributed by atoms with Crippen molar-refractivity contribution in [3.05, 3.63) is 59.2 Å². The number of fused-ring (bicyclic) bond motifs is 1. The van der Waals surface area contributed by atoms with Gasteiger partial charge in [0.15, 0.2) is 0 Å². The molecule has 5 heteroatoms. The van der Waals surface area contributed by atoms with Crippen molar-refractivity contribution in [1.29, 1.82) is 0 Å². The summed E-state index contributed by atoms with van der Waals surface area (Å²) in [5.41, 5.74) is 5.20. The second kappa shape index (κ2) is 9.65. The van der Waals surface area contributed by atoms with Crippen LogP contribution in [0.1, 0.15) is 42.4 Å². The number of hydrogen-bond donors (Lipinski definition) is 2. The van der Waals surface area contributed by atoms with Gasteiger partial charge in [0.2, 0.25) is 5.95 Å². The van der Waals surface area contributed by atoms with E-state index in [4.69, 9.17) is 9.97 Å². The van der Waals surface area contributed by atoms with Crippen molar-refractivity contribution in [1.82, 2.24) is 15.3 Å². The molecule has 164 valence electrons. The molecule has 1 aromatic heterocycles. The summed E-state index contributed by atoms with van der Waals surface area (Å²) in [6.45, 7) is 6.47. The van der Waals surface area contributed by atoms with Gasteiger partial charge in [-0.25, -0.2) is 4.98 Å². The number of para-hydroxylation sites is 1. The van der Waals surface area contributed by atoms with Crippen LogP contribution >= 0.6 is 0 Å². The summed E-state index contributed by atoms with van der Waals surface area (Å²) >= 11 is 0. The number of rotatable bonds is 7. The Labute approximate surface area is 186 Å². The molecule has 0 unspecified atom stereocenters. The highest BCUT2D eigenvalue weighted by molar-refractivity contribution is 5.90. The van der Waals surface area contributed by atoms with E-state index < -0.39 is 0 Å². The minimum absolute atomic E-state index is 0.450. The molecular formula is C26H35N5. The summed E-state index contributed by atoms with van der Waals surface area (Å²) < 4.78 is 0. The highest BCUT2D eigenvalue weighted by atomic mass is 15.2. The monoisotopic (exact) mass is 417 g/mol. The lowest BCUT2D eigenvalue weighted by Gasteiger charge is -2.29. The third-order valence-corrected chi connectivity index (χ3v) is 6.65. The molecule has 0 spiro atoms. The Bertz CT molecular complexity index is 1020. The highest BCUT2D eigenvalue weighted by Gasteiger charge is 2.22. The van der Waals surface area contributed by atoms with E-state index in [2.05, 4.69) is 59.7 Å². The van der Waals surface area contributed by atoms with E-state index in [1.165, 1.54) is 42.4 Å². The minimum Gasteiger partial charge on any atom is -0.362 e. The molecule has 0 saturated heterocycles. The summed E-state index contributed by atoms with van der Waals surface area (Å²) in [6.07, 6.45) is 4.82. The maximum atomic E-state index is 4.80. The van der Waals surface area contributed by atoms with Gasteiger partial charge in [-0.3, -0.25) is 0 Å². The molecule has 2 N–H and O–H groups in total. The number of anilines is 2. The standard InChI is InChI=1S/C26H35N5/c1-18-8-7-9-21(19(18)2)17-27-16-20-12-14-22(15-13-20)28-26-29-24-11-6-5-10-23(24)25(30-26)31(3)4/h5-11,20,22,27H,12-17H2,1-4H3,(H,28,29,30)/t20-,22+. The molecule has 2 aromatic carbocycles. The molecule has 1 saturated carbocycles. The van der Waals surface area contributed by atoms with Crippen LogP contribution in [0.3, 0.4) is 0 Å². The number of nitrogens with zero attached hydrogens (tertiary/aromatic N) is 3. The minimum atomic E-state index is 0.450. The van der Waals surface area contributed by atoms with Gasteiger partial charge in [-0.2, -0.15) is 4.98 Å². The van der Waals surface area contributed by atoms with Crippen LogP contribution in [0.2, 0.25) is 0 Å². The normalized spacial score (nSPS) is 18.8. The second-order valence-electron chi connectivity index (χ2n) is 9.13. The Hall–Kier alpha value is -2.66. The number of benzene rings is 2. The predicted octanol–water partition coefficient (Wildman–Crippen LogP) is 5.07. The molecule has 5 nitrogen and oxygen atoms in total. The molecule has 1 aliphatic carbocycles. The molecule has 1 aliphatic rings. The Balaban J connectivity index is 1.30. The van der Waals surface area contributed by atoms with Crippen molar-refractivity contribution in [3.63, 3.8) is 0 Å². The Morgan fingerprint density at radius 1 is 0.935 bits per heavy atom. The maximum absolute atomic E-state index is 4.80. The fourth-order valence-electron chi connectivity index (χ4n) is 4.57. The van der Waals surface area contributed by atoms with Gasteiger partial charge in [-0.15, -0.1) is 0 Å². The molecule has 0 atom stereocenters. The van der Waals surface area contributed by atoms with Crippen molar-refractivity contribution in [2.75, 3.05) is 30.9 Å². The van der Waals surface area contributed by atoms with Crippen LogP contribution in [0.25, 0.3) is 10.9 Å². The predicted molar refractivity (Wildman–Crippen MR) is 131 cm³/mol. The van der Waals surface area contributed by atoms with Crippen molar-refractivity contribution >= 4 is 22.7 Å².